The van der Waals surface area contributed by atoms with E-state index in [1.807, 2.05) is 42.2 Å². The first-order chi connectivity index (χ1) is 13.0. The van der Waals surface area contributed by atoms with Crippen LogP contribution in [0.15, 0.2) is 41.3 Å². The molecule has 27 heavy (non-hydrogen) atoms. The van der Waals surface area contributed by atoms with E-state index >= 15 is 0 Å². The molecule has 0 bridgehead atoms. The summed E-state index contributed by atoms with van der Waals surface area (Å²) in [6.07, 6.45) is 2.99. The lowest BCUT2D eigenvalue weighted by Gasteiger charge is -2.30. The number of piperidine rings is 1. The Kier molecular flexibility index (Phi) is 4.35. The third-order valence-electron chi connectivity index (χ3n) is 5.15. The third kappa shape index (κ3) is 3.28. The quantitative estimate of drug-likeness (QED) is 0.740. The van der Waals surface area contributed by atoms with E-state index in [4.69, 9.17) is 5.73 Å². The van der Waals surface area contributed by atoms with Crippen LogP contribution < -0.4 is 16.2 Å². The minimum atomic E-state index is -0.265. The van der Waals surface area contributed by atoms with Gasteiger partial charge in [-0.3, -0.25) is 14.6 Å². The normalized spacial score (nSPS) is 15.2. The average Bonchev–Trinajstić information content (AvgIpc) is 2.68. The predicted molar refractivity (Wildman–Crippen MR) is 104 cm³/mol. The Labute approximate surface area is 156 Å². The molecule has 1 saturated heterocycles. The number of amides is 1. The van der Waals surface area contributed by atoms with Crippen molar-refractivity contribution in [1.82, 2.24) is 15.0 Å². The number of aromatic amines is 1. The second-order valence-corrected chi connectivity index (χ2v) is 6.98. The van der Waals surface area contributed by atoms with Gasteiger partial charge in [-0.2, -0.15) is 4.98 Å². The molecule has 0 radical (unpaired) electrons. The minimum absolute atomic E-state index is 0.111. The second kappa shape index (κ2) is 6.83. The number of pyridine rings is 1. The van der Waals surface area contributed by atoms with Crippen LogP contribution in [0, 0.1) is 12.8 Å². The number of nitrogens with zero attached hydrogens (tertiary/aromatic N) is 3. The third-order valence-corrected chi connectivity index (χ3v) is 5.15. The summed E-state index contributed by atoms with van der Waals surface area (Å²) in [5.41, 5.74) is 8.52. The smallest absolute Gasteiger partial charge is 0.262 e. The molecule has 7 heteroatoms. The molecular weight excluding hydrogens is 342 g/mol. The fourth-order valence-electron chi connectivity index (χ4n) is 3.55. The molecule has 138 valence electrons. The summed E-state index contributed by atoms with van der Waals surface area (Å²) in [7, 11) is 0. The number of aryl methyl sites for hydroxylation is 1. The number of benzene rings is 1. The van der Waals surface area contributed by atoms with Gasteiger partial charge in [-0.05, 0) is 37.0 Å². The summed E-state index contributed by atoms with van der Waals surface area (Å²) < 4.78 is 0. The van der Waals surface area contributed by atoms with Crippen LogP contribution in [0.4, 0.5) is 5.95 Å². The monoisotopic (exact) mass is 363 g/mol. The number of carbonyl (C=O) groups excluding carboxylic acids is 1. The van der Waals surface area contributed by atoms with Gasteiger partial charge < -0.3 is 10.6 Å². The van der Waals surface area contributed by atoms with E-state index in [1.165, 1.54) is 0 Å². The van der Waals surface area contributed by atoms with Crippen LogP contribution in [-0.2, 0) is 4.79 Å². The van der Waals surface area contributed by atoms with Gasteiger partial charge in [0.1, 0.15) is 0 Å². The number of primary amides is 1. The van der Waals surface area contributed by atoms with Crippen LogP contribution in [0.1, 0.15) is 18.4 Å². The van der Waals surface area contributed by atoms with E-state index < -0.39 is 0 Å². The Morgan fingerprint density at radius 3 is 2.56 bits per heavy atom. The van der Waals surface area contributed by atoms with E-state index in [1.54, 1.807) is 6.20 Å². The number of hydrogen-bond acceptors (Lipinski definition) is 5. The van der Waals surface area contributed by atoms with Gasteiger partial charge in [0.25, 0.3) is 5.56 Å². The number of anilines is 1. The first-order valence-electron chi connectivity index (χ1n) is 9.03. The zero-order chi connectivity index (χ0) is 19.0. The van der Waals surface area contributed by atoms with E-state index in [0.29, 0.717) is 42.9 Å². The molecule has 1 aliphatic rings. The summed E-state index contributed by atoms with van der Waals surface area (Å²) in [5, 5.41) is 0.483. The van der Waals surface area contributed by atoms with Crippen LogP contribution in [0.2, 0.25) is 0 Å². The minimum Gasteiger partial charge on any atom is -0.369 e. The summed E-state index contributed by atoms with van der Waals surface area (Å²) in [6, 6.07) is 9.85. The van der Waals surface area contributed by atoms with Gasteiger partial charge in [-0.15, -0.1) is 0 Å². The molecule has 1 fully saturated rings. The molecule has 0 aliphatic carbocycles. The molecule has 3 aromatic rings. The van der Waals surface area contributed by atoms with Crippen molar-refractivity contribution in [1.29, 1.82) is 0 Å². The van der Waals surface area contributed by atoms with Gasteiger partial charge in [0.2, 0.25) is 11.9 Å². The van der Waals surface area contributed by atoms with Crippen molar-refractivity contribution in [2.45, 2.75) is 19.8 Å². The first-order valence-corrected chi connectivity index (χ1v) is 9.03. The molecule has 3 N–H and O–H groups in total. The molecular formula is C20H21N5O2. The number of nitrogens with one attached hydrogen (secondary N) is 1. The SMILES string of the molecule is Cc1ccc(-c2ccnc3nc(N4CCC(C(N)=O)CC4)[nH]c(=O)c23)cc1. The lowest BCUT2D eigenvalue weighted by atomic mass is 9.96. The average molecular weight is 363 g/mol. The first kappa shape index (κ1) is 17.2. The van der Waals surface area contributed by atoms with Crippen molar-refractivity contribution in [2.75, 3.05) is 18.0 Å². The molecule has 7 nitrogen and oxygen atoms in total. The van der Waals surface area contributed by atoms with Crippen LogP contribution >= 0.6 is 0 Å². The predicted octanol–water partition coefficient (Wildman–Crippen LogP) is 2.00. The van der Waals surface area contributed by atoms with Crippen LogP contribution in [0.5, 0.6) is 0 Å². The van der Waals surface area contributed by atoms with E-state index in [9.17, 15) is 9.59 Å². The number of carbonyl (C=O) groups is 1. The van der Waals surface area contributed by atoms with E-state index in [0.717, 1.165) is 16.7 Å². The maximum Gasteiger partial charge on any atom is 0.262 e. The summed E-state index contributed by atoms with van der Waals surface area (Å²) in [6.45, 7) is 3.27. The number of rotatable bonds is 3. The molecule has 1 amide bonds. The van der Waals surface area contributed by atoms with Gasteiger partial charge in [0.05, 0.1) is 5.39 Å². The summed E-state index contributed by atoms with van der Waals surface area (Å²) in [5.74, 6) is 0.114. The highest BCUT2D eigenvalue weighted by atomic mass is 16.1. The Morgan fingerprint density at radius 2 is 1.89 bits per heavy atom. The number of aromatic nitrogens is 3. The highest BCUT2D eigenvalue weighted by Gasteiger charge is 2.25. The largest absolute Gasteiger partial charge is 0.369 e. The van der Waals surface area contributed by atoms with Gasteiger partial charge in [-0.25, -0.2) is 4.98 Å². The Balaban J connectivity index is 1.72. The fraction of sp³-hybridized carbons (Fsp3) is 0.300. The molecule has 3 heterocycles. The molecule has 2 aromatic heterocycles. The van der Waals surface area contributed by atoms with Crippen LogP contribution in [-0.4, -0.2) is 33.9 Å². The highest BCUT2D eigenvalue weighted by molar-refractivity contribution is 5.92. The molecule has 0 atom stereocenters. The van der Waals surface area contributed by atoms with Crippen LogP contribution in [0.25, 0.3) is 22.2 Å². The maximum atomic E-state index is 12.8. The Bertz CT molecular complexity index is 1050. The lowest BCUT2D eigenvalue weighted by molar-refractivity contribution is -0.122. The van der Waals surface area contributed by atoms with Crippen molar-refractivity contribution < 1.29 is 4.79 Å². The van der Waals surface area contributed by atoms with Gasteiger partial charge >= 0.3 is 0 Å². The number of H-pyrrole nitrogens is 1. The molecule has 0 saturated carbocycles. The zero-order valence-electron chi connectivity index (χ0n) is 15.1. The lowest BCUT2D eigenvalue weighted by Crippen LogP contribution is -2.40. The van der Waals surface area contributed by atoms with Crippen LogP contribution in [0.3, 0.4) is 0 Å². The van der Waals surface area contributed by atoms with E-state index in [-0.39, 0.29) is 17.4 Å². The van der Waals surface area contributed by atoms with Crippen molar-refractivity contribution in [3.8, 4) is 11.1 Å². The van der Waals surface area contributed by atoms with Crippen molar-refractivity contribution in [3.63, 3.8) is 0 Å². The Hall–Kier alpha value is -3.22. The molecule has 0 spiro atoms. The topological polar surface area (TPSA) is 105 Å². The second-order valence-electron chi connectivity index (χ2n) is 6.98. The molecule has 0 unspecified atom stereocenters. The fourth-order valence-corrected chi connectivity index (χ4v) is 3.55. The van der Waals surface area contributed by atoms with Gasteiger partial charge in [0.15, 0.2) is 5.65 Å². The van der Waals surface area contributed by atoms with Gasteiger partial charge in [0, 0.05) is 25.2 Å². The summed E-state index contributed by atoms with van der Waals surface area (Å²) >= 11 is 0. The Morgan fingerprint density at radius 1 is 1.19 bits per heavy atom. The van der Waals surface area contributed by atoms with E-state index in [2.05, 4.69) is 15.0 Å². The number of nitrogens with two attached hydrogens (primary N) is 1. The van der Waals surface area contributed by atoms with Crippen molar-refractivity contribution >= 4 is 22.9 Å². The standard InChI is InChI=1S/C20H21N5O2/c1-12-2-4-13(5-3-12)15-6-9-22-18-16(15)19(27)24-20(23-18)25-10-7-14(8-11-25)17(21)26/h2-6,9,14H,7-8,10-11H2,1H3,(H2,21,26)(H,22,23,24,27). The molecule has 4 rings (SSSR count). The number of hydrogen-bond donors (Lipinski definition) is 2. The van der Waals surface area contributed by atoms with Crippen molar-refractivity contribution in [3.05, 3.63) is 52.4 Å². The highest BCUT2D eigenvalue weighted by Crippen LogP contribution is 2.26. The number of fused-ring (bicyclic) bond motifs is 1. The van der Waals surface area contributed by atoms with Gasteiger partial charge in [-0.1, -0.05) is 29.8 Å². The summed E-state index contributed by atoms with van der Waals surface area (Å²) in [4.78, 5) is 37.9. The maximum absolute atomic E-state index is 12.8. The van der Waals surface area contributed by atoms with Crippen molar-refractivity contribution in [2.24, 2.45) is 11.7 Å². The molecule has 1 aliphatic heterocycles. The zero-order valence-corrected chi connectivity index (χ0v) is 15.1. The molecule has 1 aromatic carbocycles.